The number of rotatable bonds is 4. The Morgan fingerprint density at radius 3 is 2.77 bits per heavy atom. The van der Waals surface area contributed by atoms with Crippen molar-refractivity contribution >= 4 is 22.8 Å². The molecule has 2 heterocycles. The summed E-state index contributed by atoms with van der Waals surface area (Å²) in [5.41, 5.74) is 8.87. The standard InChI is InChI=1S/C16H13N5O/c17-8-7-11-3-5-12(6-4-11)20-15-13(16(18)22)10-19-21-9-1-2-14(15)21/h1-6,9-10,20H,7H2,(H2,18,22). The molecule has 22 heavy (non-hydrogen) atoms. The van der Waals surface area contributed by atoms with Crippen molar-refractivity contribution in [3.63, 3.8) is 0 Å². The van der Waals surface area contributed by atoms with Gasteiger partial charge in [-0.05, 0) is 29.8 Å². The minimum atomic E-state index is -0.542. The fourth-order valence-corrected chi connectivity index (χ4v) is 2.25. The molecule has 3 N–H and O–H groups in total. The predicted octanol–water partition coefficient (Wildman–Crippen LogP) is 2.24. The van der Waals surface area contributed by atoms with Crippen LogP contribution in [0.1, 0.15) is 15.9 Å². The first-order valence-electron chi connectivity index (χ1n) is 6.68. The number of hydrogen-bond acceptors (Lipinski definition) is 4. The lowest BCUT2D eigenvalue weighted by molar-refractivity contribution is 0.100. The Hall–Kier alpha value is -3.33. The van der Waals surface area contributed by atoms with Crippen LogP contribution in [0.5, 0.6) is 0 Å². The summed E-state index contributed by atoms with van der Waals surface area (Å²) in [6.45, 7) is 0. The number of nitrogens with zero attached hydrogens (tertiary/aromatic N) is 3. The van der Waals surface area contributed by atoms with Crippen LogP contribution in [0.3, 0.4) is 0 Å². The van der Waals surface area contributed by atoms with Crippen LogP contribution in [0.4, 0.5) is 11.4 Å². The highest BCUT2D eigenvalue weighted by Gasteiger charge is 2.13. The molecule has 0 unspecified atom stereocenters. The predicted molar refractivity (Wildman–Crippen MR) is 82.8 cm³/mol. The fraction of sp³-hybridized carbons (Fsp3) is 0.0625. The van der Waals surface area contributed by atoms with Gasteiger partial charge in [-0.2, -0.15) is 10.4 Å². The van der Waals surface area contributed by atoms with Gasteiger partial charge in [0, 0.05) is 11.9 Å². The molecule has 0 atom stereocenters. The number of carbonyl (C=O) groups excluding carboxylic acids is 1. The zero-order valence-electron chi connectivity index (χ0n) is 11.7. The van der Waals surface area contributed by atoms with Gasteiger partial charge < -0.3 is 11.1 Å². The van der Waals surface area contributed by atoms with E-state index < -0.39 is 5.91 Å². The summed E-state index contributed by atoms with van der Waals surface area (Å²) in [5, 5.41) is 16.0. The number of nitrogens with two attached hydrogens (primary N) is 1. The number of hydrogen-bond donors (Lipinski definition) is 2. The van der Waals surface area contributed by atoms with E-state index in [1.807, 2.05) is 36.4 Å². The van der Waals surface area contributed by atoms with Gasteiger partial charge in [-0.25, -0.2) is 4.52 Å². The molecule has 0 saturated carbocycles. The summed E-state index contributed by atoms with van der Waals surface area (Å²) < 4.78 is 1.67. The third kappa shape index (κ3) is 2.47. The first-order valence-corrected chi connectivity index (χ1v) is 6.68. The van der Waals surface area contributed by atoms with Crippen LogP contribution in [0.25, 0.3) is 5.52 Å². The Kier molecular flexibility index (Phi) is 3.46. The van der Waals surface area contributed by atoms with Gasteiger partial charge in [0.2, 0.25) is 0 Å². The minimum Gasteiger partial charge on any atom is -0.365 e. The summed E-state index contributed by atoms with van der Waals surface area (Å²) in [4.78, 5) is 11.6. The maximum atomic E-state index is 11.6. The molecule has 0 aliphatic heterocycles. The average Bonchev–Trinajstić information content (AvgIpc) is 2.98. The van der Waals surface area contributed by atoms with Crippen LogP contribution in [-0.4, -0.2) is 15.5 Å². The van der Waals surface area contributed by atoms with Gasteiger partial charge in [0.15, 0.2) is 0 Å². The van der Waals surface area contributed by atoms with E-state index in [2.05, 4.69) is 16.5 Å². The highest BCUT2D eigenvalue weighted by atomic mass is 16.1. The van der Waals surface area contributed by atoms with Crippen molar-refractivity contribution < 1.29 is 4.79 Å². The topological polar surface area (TPSA) is 96.2 Å². The summed E-state index contributed by atoms with van der Waals surface area (Å²) in [6, 6.07) is 13.3. The molecule has 1 aromatic carbocycles. The van der Waals surface area contributed by atoms with Crippen LogP contribution >= 0.6 is 0 Å². The second-order valence-electron chi connectivity index (χ2n) is 4.79. The van der Waals surface area contributed by atoms with Gasteiger partial charge in [-0.15, -0.1) is 0 Å². The second kappa shape index (κ2) is 5.58. The van der Waals surface area contributed by atoms with Crippen molar-refractivity contribution in [1.29, 1.82) is 5.26 Å². The molecule has 0 spiro atoms. The molecular formula is C16H13N5O. The lowest BCUT2D eigenvalue weighted by Crippen LogP contribution is -2.15. The molecule has 0 radical (unpaired) electrons. The van der Waals surface area contributed by atoms with Crippen LogP contribution in [-0.2, 0) is 6.42 Å². The smallest absolute Gasteiger partial charge is 0.252 e. The van der Waals surface area contributed by atoms with Crippen molar-refractivity contribution in [1.82, 2.24) is 9.61 Å². The van der Waals surface area contributed by atoms with Crippen molar-refractivity contribution in [3.8, 4) is 6.07 Å². The Balaban J connectivity index is 2.02. The number of amides is 1. The molecule has 0 bridgehead atoms. The van der Waals surface area contributed by atoms with Gasteiger partial charge in [-0.1, -0.05) is 12.1 Å². The van der Waals surface area contributed by atoms with Crippen LogP contribution in [0.2, 0.25) is 0 Å². The lowest BCUT2D eigenvalue weighted by Gasteiger charge is -2.12. The van der Waals surface area contributed by atoms with E-state index in [1.54, 1.807) is 10.7 Å². The Morgan fingerprint density at radius 1 is 1.32 bits per heavy atom. The van der Waals surface area contributed by atoms with Crippen molar-refractivity contribution in [3.05, 3.63) is 59.9 Å². The Labute approximate surface area is 126 Å². The molecular weight excluding hydrogens is 278 g/mol. The van der Waals surface area contributed by atoms with Crippen LogP contribution < -0.4 is 11.1 Å². The molecule has 3 aromatic rings. The van der Waals surface area contributed by atoms with Gasteiger partial charge >= 0.3 is 0 Å². The molecule has 0 fully saturated rings. The monoisotopic (exact) mass is 291 g/mol. The molecule has 1 amide bonds. The average molecular weight is 291 g/mol. The zero-order valence-corrected chi connectivity index (χ0v) is 11.7. The SMILES string of the molecule is N#CCc1ccc(Nc2c(C(N)=O)cnn3cccc23)cc1. The summed E-state index contributed by atoms with van der Waals surface area (Å²) in [5.74, 6) is -0.542. The molecule has 0 saturated heterocycles. The molecule has 3 rings (SSSR count). The summed E-state index contributed by atoms with van der Waals surface area (Å²) >= 11 is 0. The van der Waals surface area contributed by atoms with Crippen molar-refractivity contribution in [2.75, 3.05) is 5.32 Å². The van der Waals surface area contributed by atoms with Crippen LogP contribution in [0, 0.1) is 11.3 Å². The zero-order chi connectivity index (χ0) is 15.5. The molecule has 0 aliphatic rings. The van der Waals surface area contributed by atoms with Gasteiger partial charge in [0.05, 0.1) is 35.5 Å². The summed E-state index contributed by atoms with van der Waals surface area (Å²) in [7, 11) is 0. The number of aromatic nitrogens is 2. The van der Waals surface area contributed by atoms with E-state index in [1.165, 1.54) is 6.20 Å². The third-order valence-corrected chi connectivity index (χ3v) is 3.34. The van der Waals surface area contributed by atoms with Crippen LogP contribution in [0.15, 0.2) is 48.8 Å². The van der Waals surface area contributed by atoms with Crippen molar-refractivity contribution in [2.45, 2.75) is 6.42 Å². The second-order valence-corrected chi connectivity index (χ2v) is 4.79. The molecule has 6 nitrogen and oxygen atoms in total. The fourth-order valence-electron chi connectivity index (χ4n) is 2.25. The Bertz CT molecular complexity index is 874. The number of fused-ring (bicyclic) bond motifs is 1. The molecule has 6 heteroatoms. The molecule has 2 aromatic heterocycles. The van der Waals surface area contributed by atoms with Gasteiger partial charge in [-0.3, -0.25) is 4.79 Å². The third-order valence-electron chi connectivity index (χ3n) is 3.34. The number of anilines is 2. The number of carbonyl (C=O) groups is 1. The minimum absolute atomic E-state index is 0.326. The Morgan fingerprint density at radius 2 is 2.09 bits per heavy atom. The lowest BCUT2D eigenvalue weighted by atomic mass is 10.1. The van der Waals surface area contributed by atoms with Gasteiger partial charge in [0.1, 0.15) is 0 Å². The van der Waals surface area contributed by atoms with E-state index in [4.69, 9.17) is 11.0 Å². The number of nitriles is 1. The van der Waals surface area contributed by atoms with E-state index in [0.29, 0.717) is 17.7 Å². The summed E-state index contributed by atoms with van der Waals surface area (Å²) in [6.07, 6.45) is 3.61. The van der Waals surface area contributed by atoms with E-state index >= 15 is 0 Å². The van der Waals surface area contributed by atoms with E-state index in [9.17, 15) is 4.79 Å². The normalized spacial score (nSPS) is 10.3. The number of benzene rings is 1. The maximum absolute atomic E-state index is 11.6. The first-order chi connectivity index (χ1) is 10.7. The van der Waals surface area contributed by atoms with E-state index in [0.717, 1.165) is 16.8 Å². The maximum Gasteiger partial charge on any atom is 0.252 e. The largest absolute Gasteiger partial charge is 0.365 e. The number of primary amides is 1. The van der Waals surface area contributed by atoms with Gasteiger partial charge in [0.25, 0.3) is 5.91 Å². The number of nitrogens with one attached hydrogen (secondary N) is 1. The molecule has 108 valence electrons. The first kappa shape index (κ1) is 13.6. The highest BCUT2D eigenvalue weighted by molar-refractivity contribution is 6.02. The molecule has 0 aliphatic carbocycles. The van der Waals surface area contributed by atoms with Crippen molar-refractivity contribution in [2.24, 2.45) is 5.73 Å². The van der Waals surface area contributed by atoms with E-state index in [-0.39, 0.29) is 0 Å². The quantitative estimate of drug-likeness (QED) is 0.770. The highest BCUT2D eigenvalue weighted by Crippen LogP contribution is 2.25.